The number of aryl methyl sites for hydroxylation is 1. The number of aliphatic carboxylic acids is 1. The van der Waals surface area contributed by atoms with Crippen molar-refractivity contribution in [3.63, 3.8) is 0 Å². The Balaban J connectivity index is 2.26. The van der Waals surface area contributed by atoms with E-state index in [9.17, 15) is 19.7 Å². The molecule has 20 heavy (non-hydrogen) atoms. The van der Waals surface area contributed by atoms with Gasteiger partial charge in [0.25, 0.3) is 11.6 Å². The van der Waals surface area contributed by atoms with Crippen molar-refractivity contribution in [2.75, 3.05) is 0 Å². The summed E-state index contributed by atoms with van der Waals surface area (Å²) in [6.45, 7) is 1.70. The zero-order valence-electron chi connectivity index (χ0n) is 10.8. The Labute approximate surface area is 114 Å². The number of carboxylic acids is 1. The molecule has 2 N–H and O–H groups in total. The Kier molecular flexibility index (Phi) is 3.69. The molecule has 1 aromatic carbocycles. The van der Waals surface area contributed by atoms with Gasteiger partial charge < -0.3 is 10.4 Å². The summed E-state index contributed by atoms with van der Waals surface area (Å²) in [6.07, 6.45) is 1.49. The fraction of sp³-hybridized carbons (Fsp3) is 0.385. The largest absolute Gasteiger partial charge is 0.480 e. The molecule has 106 valence electrons. The van der Waals surface area contributed by atoms with E-state index in [1.165, 1.54) is 18.2 Å². The lowest BCUT2D eigenvalue weighted by Crippen LogP contribution is -2.42. The van der Waals surface area contributed by atoms with Crippen LogP contribution in [0, 0.1) is 23.0 Å². The molecule has 0 bridgehead atoms. The summed E-state index contributed by atoms with van der Waals surface area (Å²) in [5, 5.41) is 22.4. The van der Waals surface area contributed by atoms with Crippen LogP contribution < -0.4 is 5.32 Å². The predicted molar refractivity (Wildman–Crippen MR) is 69.4 cm³/mol. The van der Waals surface area contributed by atoms with Crippen molar-refractivity contribution in [3.05, 3.63) is 39.4 Å². The molecule has 1 amide bonds. The van der Waals surface area contributed by atoms with Gasteiger partial charge in [-0.3, -0.25) is 14.9 Å². The molecular formula is C13H14N2O5. The molecule has 1 fully saturated rings. The highest BCUT2D eigenvalue weighted by atomic mass is 16.6. The Bertz CT molecular complexity index is 580. The van der Waals surface area contributed by atoms with Gasteiger partial charge in [0, 0.05) is 6.07 Å². The predicted octanol–water partition coefficient (Wildman–Crippen LogP) is 1.50. The number of hydrogen-bond donors (Lipinski definition) is 2. The maximum Gasteiger partial charge on any atom is 0.326 e. The molecule has 1 saturated carbocycles. The van der Waals surface area contributed by atoms with Crippen LogP contribution in [-0.4, -0.2) is 27.9 Å². The minimum Gasteiger partial charge on any atom is -0.480 e. The molecule has 7 nitrogen and oxygen atoms in total. The minimum atomic E-state index is -1.11. The number of benzene rings is 1. The van der Waals surface area contributed by atoms with E-state index in [-0.39, 0.29) is 17.2 Å². The average Bonchev–Trinajstić information content (AvgIpc) is 3.18. The van der Waals surface area contributed by atoms with Crippen LogP contribution in [0.2, 0.25) is 0 Å². The van der Waals surface area contributed by atoms with Crippen molar-refractivity contribution in [1.82, 2.24) is 5.32 Å². The molecule has 7 heteroatoms. The van der Waals surface area contributed by atoms with Crippen molar-refractivity contribution in [2.24, 2.45) is 5.92 Å². The van der Waals surface area contributed by atoms with Gasteiger partial charge in [-0.1, -0.05) is 6.07 Å². The van der Waals surface area contributed by atoms with E-state index in [0.717, 1.165) is 12.8 Å². The summed E-state index contributed by atoms with van der Waals surface area (Å²) in [5.74, 6) is -1.92. The molecule has 1 aliphatic rings. The van der Waals surface area contributed by atoms with E-state index < -0.39 is 22.8 Å². The third-order valence-corrected chi connectivity index (χ3v) is 3.24. The smallest absolute Gasteiger partial charge is 0.326 e. The quantitative estimate of drug-likeness (QED) is 0.626. The fourth-order valence-corrected chi connectivity index (χ4v) is 2.02. The first-order chi connectivity index (χ1) is 9.40. The average molecular weight is 278 g/mol. The van der Waals surface area contributed by atoms with Crippen LogP contribution in [0.1, 0.15) is 28.8 Å². The first-order valence-corrected chi connectivity index (χ1v) is 6.19. The van der Waals surface area contributed by atoms with Crippen LogP contribution >= 0.6 is 0 Å². The Hall–Kier alpha value is -2.44. The number of carbonyl (C=O) groups excluding carboxylic acids is 1. The number of rotatable bonds is 5. The second-order valence-electron chi connectivity index (χ2n) is 4.90. The minimum absolute atomic E-state index is 0.0830. The van der Waals surface area contributed by atoms with E-state index in [4.69, 9.17) is 5.11 Å². The summed E-state index contributed by atoms with van der Waals surface area (Å²) in [7, 11) is 0. The van der Waals surface area contributed by atoms with Crippen LogP contribution in [0.25, 0.3) is 0 Å². The third-order valence-electron chi connectivity index (χ3n) is 3.24. The van der Waals surface area contributed by atoms with E-state index >= 15 is 0 Å². The lowest BCUT2D eigenvalue weighted by Gasteiger charge is -2.13. The molecule has 0 aromatic heterocycles. The summed E-state index contributed by atoms with van der Waals surface area (Å²) in [6, 6.07) is 3.18. The Morgan fingerprint density at radius 1 is 1.45 bits per heavy atom. The molecule has 1 aromatic rings. The van der Waals surface area contributed by atoms with Crippen LogP contribution in [-0.2, 0) is 4.79 Å². The van der Waals surface area contributed by atoms with E-state index in [1.54, 1.807) is 6.92 Å². The van der Waals surface area contributed by atoms with Crippen LogP contribution in [0.4, 0.5) is 5.69 Å². The molecular weight excluding hydrogens is 264 g/mol. The number of nitro benzene ring substituents is 1. The SMILES string of the molecule is Cc1ccc([N+](=O)[O-])c(C(=O)NC(C(=O)O)C2CC2)c1. The van der Waals surface area contributed by atoms with Gasteiger partial charge >= 0.3 is 5.97 Å². The Morgan fingerprint density at radius 3 is 2.60 bits per heavy atom. The van der Waals surface area contributed by atoms with Gasteiger partial charge in [-0.05, 0) is 37.3 Å². The van der Waals surface area contributed by atoms with E-state index in [1.807, 2.05) is 0 Å². The van der Waals surface area contributed by atoms with Crippen LogP contribution in [0.5, 0.6) is 0 Å². The molecule has 0 radical (unpaired) electrons. The van der Waals surface area contributed by atoms with Gasteiger partial charge in [0.15, 0.2) is 0 Å². The third kappa shape index (κ3) is 2.93. The van der Waals surface area contributed by atoms with Crippen molar-refractivity contribution in [2.45, 2.75) is 25.8 Å². The molecule has 0 saturated heterocycles. The van der Waals surface area contributed by atoms with Gasteiger partial charge in [-0.15, -0.1) is 0 Å². The standard InChI is InChI=1S/C13H14N2O5/c1-7-2-5-10(15(19)20)9(6-7)12(16)14-11(13(17)18)8-3-4-8/h2,5-6,8,11H,3-4H2,1H3,(H,14,16)(H,17,18). The highest BCUT2D eigenvalue weighted by Gasteiger charge is 2.38. The summed E-state index contributed by atoms with van der Waals surface area (Å²) in [4.78, 5) is 33.4. The summed E-state index contributed by atoms with van der Waals surface area (Å²) < 4.78 is 0. The lowest BCUT2D eigenvalue weighted by atomic mass is 10.1. The fourth-order valence-electron chi connectivity index (χ4n) is 2.02. The molecule has 1 atom stereocenters. The van der Waals surface area contributed by atoms with E-state index in [0.29, 0.717) is 5.56 Å². The molecule has 1 aliphatic carbocycles. The first-order valence-electron chi connectivity index (χ1n) is 6.19. The second-order valence-corrected chi connectivity index (χ2v) is 4.90. The maximum absolute atomic E-state index is 12.1. The highest BCUT2D eigenvalue weighted by Crippen LogP contribution is 2.33. The molecule has 0 spiro atoms. The molecule has 0 heterocycles. The molecule has 2 rings (SSSR count). The van der Waals surface area contributed by atoms with Crippen LogP contribution in [0.15, 0.2) is 18.2 Å². The van der Waals surface area contributed by atoms with Crippen molar-refractivity contribution >= 4 is 17.6 Å². The van der Waals surface area contributed by atoms with Gasteiger partial charge in [0.1, 0.15) is 11.6 Å². The maximum atomic E-state index is 12.1. The summed E-state index contributed by atoms with van der Waals surface area (Å²) >= 11 is 0. The van der Waals surface area contributed by atoms with Gasteiger partial charge in [0.2, 0.25) is 0 Å². The normalized spacial score (nSPS) is 15.4. The summed E-state index contributed by atoms with van der Waals surface area (Å²) in [5.41, 5.74) is 0.258. The van der Waals surface area contributed by atoms with Crippen molar-refractivity contribution in [1.29, 1.82) is 0 Å². The Morgan fingerprint density at radius 2 is 2.10 bits per heavy atom. The monoisotopic (exact) mass is 278 g/mol. The van der Waals surface area contributed by atoms with Crippen molar-refractivity contribution in [3.8, 4) is 0 Å². The first kappa shape index (κ1) is 14.0. The van der Waals surface area contributed by atoms with E-state index in [2.05, 4.69) is 5.32 Å². The number of carboxylic acid groups (broad SMARTS) is 1. The number of nitrogens with one attached hydrogen (secondary N) is 1. The zero-order chi connectivity index (χ0) is 14.9. The molecule has 1 unspecified atom stereocenters. The zero-order valence-corrected chi connectivity index (χ0v) is 10.8. The van der Waals surface area contributed by atoms with Crippen LogP contribution in [0.3, 0.4) is 0 Å². The van der Waals surface area contributed by atoms with Crippen molar-refractivity contribution < 1.29 is 19.6 Å². The number of carbonyl (C=O) groups is 2. The second kappa shape index (κ2) is 5.28. The van der Waals surface area contributed by atoms with Gasteiger partial charge in [-0.25, -0.2) is 4.79 Å². The van der Waals surface area contributed by atoms with Gasteiger partial charge in [-0.2, -0.15) is 0 Å². The number of amides is 1. The van der Waals surface area contributed by atoms with Gasteiger partial charge in [0.05, 0.1) is 4.92 Å². The molecule has 0 aliphatic heterocycles. The number of hydrogen-bond acceptors (Lipinski definition) is 4. The lowest BCUT2D eigenvalue weighted by molar-refractivity contribution is -0.385. The highest BCUT2D eigenvalue weighted by molar-refractivity contribution is 6.00. The topological polar surface area (TPSA) is 110 Å². The number of nitro groups is 1. The number of nitrogens with zero attached hydrogens (tertiary/aromatic N) is 1.